The summed E-state index contributed by atoms with van der Waals surface area (Å²) in [5.41, 5.74) is 5.35. The van der Waals surface area contributed by atoms with Gasteiger partial charge in [-0.1, -0.05) is 5.16 Å². The lowest BCUT2D eigenvalue weighted by Gasteiger charge is -2.34. The third-order valence-corrected chi connectivity index (χ3v) is 4.10. The molecule has 2 saturated heterocycles. The molecule has 3 rings (SSSR count). The second-order valence-electron chi connectivity index (χ2n) is 6.27. The van der Waals surface area contributed by atoms with Crippen LogP contribution in [-0.2, 0) is 16.9 Å². The lowest BCUT2D eigenvalue weighted by molar-refractivity contribution is -0.124. The number of hydrogen-bond acceptors (Lipinski definition) is 6. The second kappa shape index (κ2) is 4.82. The molecule has 3 N–H and O–H groups in total. The van der Waals surface area contributed by atoms with Gasteiger partial charge in [-0.05, 0) is 33.2 Å². The highest BCUT2D eigenvalue weighted by Gasteiger charge is 2.41. The Morgan fingerprint density at radius 2 is 2.35 bits per heavy atom. The van der Waals surface area contributed by atoms with Gasteiger partial charge in [0.1, 0.15) is 0 Å². The van der Waals surface area contributed by atoms with Crippen LogP contribution in [0.5, 0.6) is 0 Å². The Labute approximate surface area is 117 Å². The molecule has 3 heterocycles. The van der Waals surface area contributed by atoms with Crippen LogP contribution in [0.25, 0.3) is 0 Å². The first-order valence-electron chi connectivity index (χ1n) is 7.09. The minimum atomic E-state index is -0.600. The Hall–Kier alpha value is -1.47. The van der Waals surface area contributed by atoms with Crippen LogP contribution in [0.1, 0.15) is 38.4 Å². The average Bonchev–Trinajstić information content (AvgIpc) is 2.98. The molecular formula is C13H21N5O2. The quantitative estimate of drug-likeness (QED) is 0.806. The summed E-state index contributed by atoms with van der Waals surface area (Å²) >= 11 is 0. The normalized spacial score (nSPS) is 27.4. The fourth-order valence-electron chi connectivity index (χ4n) is 2.99. The van der Waals surface area contributed by atoms with E-state index in [4.69, 9.17) is 10.3 Å². The number of piperidine rings is 1. The molecule has 2 aliphatic heterocycles. The number of hydrogen-bond donors (Lipinski definition) is 2. The van der Waals surface area contributed by atoms with Crippen LogP contribution >= 0.6 is 0 Å². The van der Waals surface area contributed by atoms with Crippen molar-refractivity contribution in [2.75, 3.05) is 13.1 Å². The molecular weight excluding hydrogens is 258 g/mol. The maximum absolute atomic E-state index is 11.7. The number of carbonyl (C=O) groups excluding carboxylic acids is 1. The molecule has 0 aliphatic carbocycles. The Bertz CT molecular complexity index is 507. The second-order valence-corrected chi connectivity index (χ2v) is 6.27. The summed E-state index contributed by atoms with van der Waals surface area (Å²) in [5, 5.41) is 6.87. The molecule has 7 nitrogen and oxygen atoms in total. The highest BCUT2D eigenvalue weighted by molar-refractivity contribution is 5.82. The van der Waals surface area contributed by atoms with Gasteiger partial charge in [0.15, 0.2) is 5.82 Å². The van der Waals surface area contributed by atoms with E-state index in [1.807, 2.05) is 13.8 Å². The molecule has 0 radical (unpaired) electrons. The van der Waals surface area contributed by atoms with E-state index in [1.54, 1.807) is 0 Å². The zero-order valence-electron chi connectivity index (χ0n) is 11.9. The maximum atomic E-state index is 11.7. The van der Waals surface area contributed by atoms with E-state index in [1.165, 1.54) is 0 Å². The minimum Gasteiger partial charge on any atom is -0.354 e. The topological polar surface area (TPSA) is 97.3 Å². The Kier molecular flexibility index (Phi) is 3.25. The molecule has 0 saturated carbocycles. The Balaban J connectivity index is 1.71. The fraction of sp³-hybridized carbons (Fsp3) is 0.769. The van der Waals surface area contributed by atoms with Crippen molar-refractivity contribution in [2.24, 2.45) is 11.7 Å². The van der Waals surface area contributed by atoms with E-state index < -0.39 is 5.54 Å². The van der Waals surface area contributed by atoms with E-state index in [2.05, 4.69) is 20.4 Å². The van der Waals surface area contributed by atoms with Crippen LogP contribution < -0.4 is 11.1 Å². The van der Waals surface area contributed by atoms with Gasteiger partial charge in [-0.25, -0.2) is 0 Å². The van der Waals surface area contributed by atoms with E-state index in [-0.39, 0.29) is 17.9 Å². The van der Waals surface area contributed by atoms with Gasteiger partial charge < -0.3 is 15.6 Å². The molecule has 2 unspecified atom stereocenters. The molecule has 110 valence electrons. The highest BCUT2D eigenvalue weighted by atomic mass is 16.5. The summed E-state index contributed by atoms with van der Waals surface area (Å²) in [6, 6.07) is 0.248. The molecule has 2 atom stereocenters. The summed E-state index contributed by atoms with van der Waals surface area (Å²) in [6.07, 6.45) is 2.00. The summed E-state index contributed by atoms with van der Waals surface area (Å²) in [4.78, 5) is 18.4. The zero-order valence-corrected chi connectivity index (χ0v) is 11.9. The van der Waals surface area contributed by atoms with Crippen molar-refractivity contribution in [2.45, 2.75) is 44.8 Å². The smallest absolute Gasteiger partial charge is 0.240 e. The van der Waals surface area contributed by atoms with Crippen LogP contribution in [0, 0.1) is 5.92 Å². The lowest BCUT2D eigenvalue weighted by Crippen LogP contribution is -2.45. The van der Waals surface area contributed by atoms with Crippen molar-refractivity contribution < 1.29 is 9.32 Å². The molecule has 0 spiro atoms. The number of likely N-dealkylation sites (tertiary alicyclic amines) is 1. The lowest BCUT2D eigenvalue weighted by atomic mass is 9.91. The van der Waals surface area contributed by atoms with Gasteiger partial charge in [0.25, 0.3) is 0 Å². The maximum Gasteiger partial charge on any atom is 0.240 e. The average molecular weight is 279 g/mol. The van der Waals surface area contributed by atoms with E-state index in [0.717, 1.165) is 19.4 Å². The number of carbonyl (C=O) groups is 1. The predicted octanol–water partition coefficient (Wildman–Crippen LogP) is -0.0262. The number of rotatable bonds is 3. The number of fused-ring (bicyclic) bond motifs is 1. The van der Waals surface area contributed by atoms with Crippen molar-refractivity contribution >= 4 is 5.91 Å². The molecule has 2 aliphatic rings. The first kappa shape index (κ1) is 13.5. The number of nitrogens with two attached hydrogens (primary N) is 1. The molecule has 0 bridgehead atoms. The van der Waals surface area contributed by atoms with Crippen LogP contribution in [0.2, 0.25) is 0 Å². The van der Waals surface area contributed by atoms with Gasteiger partial charge >= 0.3 is 0 Å². The van der Waals surface area contributed by atoms with Gasteiger partial charge in [-0.15, -0.1) is 0 Å². The van der Waals surface area contributed by atoms with Crippen molar-refractivity contribution in [1.82, 2.24) is 20.4 Å². The van der Waals surface area contributed by atoms with Gasteiger partial charge in [0, 0.05) is 12.6 Å². The van der Waals surface area contributed by atoms with Gasteiger partial charge in [-0.3, -0.25) is 9.69 Å². The van der Waals surface area contributed by atoms with Crippen LogP contribution in [0.3, 0.4) is 0 Å². The molecule has 7 heteroatoms. The number of amides is 1. The SMILES string of the molecule is CC(C)(N)c1noc(CN2CCCC3C(=O)NCC32)n1. The van der Waals surface area contributed by atoms with Crippen molar-refractivity contribution in [3.63, 3.8) is 0 Å². The zero-order chi connectivity index (χ0) is 14.3. The van der Waals surface area contributed by atoms with Gasteiger partial charge in [0.2, 0.25) is 11.8 Å². The molecule has 1 aromatic heterocycles. The first-order chi connectivity index (χ1) is 9.45. The monoisotopic (exact) mass is 279 g/mol. The minimum absolute atomic E-state index is 0.108. The Morgan fingerprint density at radius 3 is 3.05 bits per heavy atom. The molecule has 1 aromatic rings. The summed E-state index contributed by atoms with van der Waals surface area (Å²) in [7, 11) is 0. The van der Waals surface area contributed by atoms with Crippen LogP contribution in [0.4, 0.5) is 0 Å². The molecule has 2 fully saturated rings. The van der Waals surface area contributed by atoms with Gasteiger partial charge in [-0.2, -0.15) is 4.98 Å². The number of nitrogens with one attached hydrogen (secondary N) is 1. The molecule has 20 heavy (non-hydrogen) atoms. The number of nitrogens with zero attached hydrogens (tertiary/aromatic N) is 3. The highest BCUT2D eigenvalue weighted by Crippen LogP contribution is 2.28. The summed E-state index contributed by atoms with van der Waals surface area (Å²) in [6.45, 7) is 5.95. The predicted molar refractivity (Wildman–Crippen MR) is 71.4 cm³/mol. The third kappa shape index (κ3) is 2.43. The van der Waals surface area contributed by atoms with E-state index in [0.29, 0.717) is 24.8 Å². The number of aromatic nitrogens is 2. The molecule has 0 aromatic carbocycles. The van der Waals surface area contributed by atoms with E-state index in [9.17, 15) is 4.79 Å². The van der Waals surface area contributed by atoms with E-state index >= 15 is 0 Å². The van der Waals surface area contributed by atoms with Crippen LogP contribution in [-0.4, -0.2) is 40.1 Å². The van der Waals surface area contributed by atoms with Crippen molar-refractivity contribution in [1.29, 1.82) is 0 Å². The largest absolute Gasteiger partial charge is 0.354 e. The van der Waals surface area contributed by atoms with Gasteiger partial charge in [0.05, 0.1) is 18.0 Å². The van der Waals surface area contributed by atoms with Crippen molar-refractivity contribution in [3.05, 3.63) is 11.7 Å². The molecule has 1 amide bonds. The summed E-state index contributed by atoms with van der Waals surface area (Å²) in [5.74, 6) is 1.37. The first-order valence-corrected chi connectivity index (χ1v) is 7.09. The van der Waals surface area contributed by atoms with Crippen LogP contribution in [0.15, 0.2) is 4.52 Å². The van der Waals surface area contributed by atoms with Crippen molar-refractivity contribution in [3.8, 4) is 0 Å². The fourth-order valence-corrected chi connectivity index (χ4v) is 2.99. The summed E-state index contributed by atoms with van der Waals surface area (Å²) < 4.78 is 5.28. The third-order valence-electron chi connectivity index (χ3n) is 4.10. The standard InChI is InChI=1S/C13H21N5O2/c1-13(2,14)12-16-10(20-17-12)7-18-5-3-4-8-9(18)6-15-11(8)19/h8-9H,3-7,14H2,1-2H3,(H,15,19). The Morgan fingerprint density at radius 1 is 1.55 bits per heavy atom.